The standard InChI is InChI=1S/C79H99N13O17S2/c1-8-49-31-64(95)69(44(7)94)91-72(101)52(24-43(6)93)39-110-37-47-25-46-26-48(27-47)38-111-40-62(70(80)99)88-77(106)63-18-13-23-92(63)79(108)68(42(4)5)90-75(104)59(29-50-33-81-56-16-11-9-14-54(50)56)84-65(96)35-83-73(102)61(32-66(97)98)87-78(107)67(41(2)3)89-76(105)60(30-51-34-82-57-17-12-10-15-55(51)57)86-74(103)58(85-71(49)100)28-45-19-21-53(22-20-45)109-36-46/h9-12,14-17,19-22,25-27,33-34,41-42,44,49,52,58-63,67-69,81-82,94H,8,13,18,23-24,28-32,35-40H2,1-7H3,(H2,80,99)(H,83,102)(H,84,96)(H,85,100)(H,86,103)(H,87,107)(H,88,106)(H,89,105)(H,90,104)(H,91,101)(H,97,98). The molecule has 1 saturated heterocycles. The number of hydrogen-bond acceptors (Lipinski definition) is 18. The van der Waals surface area contributed by atoms with Crippen LogP contribution in [0.2, 0.25) is 0 Å². The van der Waals surface area contributed by atoms with Crippen molar-refractivity contribution < 1.29 is 82.1 Å². The third-order valence-corrected chi connectivity index (χ3v) is 22.2. The van der Waals surface area contributed by atoms with E-state index < -0.39 is 180 Å². The van der Waals surface area contributed by atoms with Crippen LogP contribution >= 0.6 is 23.5 Å². The molecule has 4 aromatic carbocycles. The van der Waals surface area contributed by atoms with Gasteiger partial charge in [0.15, 0.2) is 5.78 Å². The molecule has 0 spiro atoms. The van der Waals surface area contributed by atoms with Gasteiger partial charge < -0.3 is 88.2 Å². The number of hydrogen-bond donors (Lipinski definition) is 14. The minimum Gasteiger partial charge on any atom is -0.489 e. The Morgan fingerprint density at radius 3 is 1.71 bits per heavy atom. The van der Waals surface area contributed by atoms with Crippen molar-refractivity contribution in [2.45, 2.75) is 185 Å². The van der Waals surface area contributed by atoms with E-state index in [9.17, 15) is 67.7 Å². The van der Waals surface area contributed by atoms with Crippen LogP contribution in [0.3, 0.4) is 0 Å². The third kappa shape index (κ3) is 23.2. The van der Waals surface area contributed by atoms with Gasteiger partial charge in [0, 0.05) is 102 Å². The number of carboxylic acids is 1. The lowest BCUT2D eigenvalue weighted by Gasteiger charge is -2.32. The number of aromatic nitrogens is 2. The molecule has 111 heavy (non-hydrogen) atoms. The number of thioether (sulfide) groups is 2. The van der Waals surface area contributed by atoms with Gasteiger partial charge in [0.25, 0.3) is 0 Å². The second-order valence-electron chi connectivity index (χ2n) is 29.3. The molecule has 1 fully saturated rings. The number of benzene rings is 4. The first-order valence-corrected chi connectivity index (χ1v) is 39.5. The summed E-state index contributed by atoms with van der Waals surface area (Å²) in [5.41, 5.74) is 11.2. The zero-order valence-corrected chi connectivity index (χ0v) is 64.7. The number of carbonyl (C=O) groups excluding carboxylic acids is 13. The fourth-order valence-corrected chi connectivity index (χ4v) is 15.9. The Labute approximate surface area is 650 Å². The molecular weight excluding hydrogens is 1470 g/mol. The van der Waals surface area contributed by atoms with Crippen molar-refractivity contribution in [1.29, 1.82) is 0 Å². The van der Waals surface area contributed by atoms with Crippen molar-refractivity contribution in [3.63, 3.8) is 0 Å². The fourth-order valence-electron chi connectivity index (χ4n) is 13.8. The Morgan fingerprint density at radius 1 is 0.577 bits per heavy atom. The maximum absolute atomic E-state index is 15.3. The van der Waals surface area contributed by atoms with Gasteiger partial charge >= 0.3 is 5.97 Å². The number of Topliss-reactive ketones (excluding diaryl/α,β-unsaturated/α-hetero) is 2. The quantitative estimate of drug-likeness (QED) is 0.0739. The van der Waals surface area contributed by atoms with Crippen molar-refractivity contribution in [2.24, 2.45) is 29.4 Å². The van der Waals surface area contributed by atoms with Crippen LogP contribution in [0.15, 0.2) is 103 Å². The van der Waals surface area contributed by atoms with Crippen LogP contribution in [0, 0.1) is 23.7 Å². The molecule has 0 aliphatic carbocycles. The van der Waals surface area contributed by atoms with E-state index in [-0.39, 0.29) is 74.7 Å². The fraction of sp³-hybridized carbons (Fsp3) is 0.468. The Morgan fingerprint density at radius 2 is 1.14 bits per heavy atom. The van der Waals surface area contributed by atoms with E-state index in [2.05, 4.69) is 57.8 Å². The molecule has 11 rings (SSSR count). The van der Waals surface area contributed by atoms with Gasteiger partial charge in [-0.2, -0.15) is 23.5 Å². The summed E-state index contributed by atoms with van der Waals surface area (Å²) in [5.74, 6) is -14.5. The molecule has 30 nitrogen and oxygen atoms in total. The summed E-state index contributed by atoms with van der Waals surface area (Å²) >= 11 is 2.62. The van der Waals surface area contributed by atoms with Gasteiger partial charge in [-0.15, -0.1) is 0 Å². The first-order chi connectivity index (χ1) is 52.9. The van der Waals surface area contributed by atoms with Crippen molar-refractivity contribution in [3.8, 4) is 5.75 Å². The predicted molar refractivity (Wildman–Crippen MR) is 415 cm³/mol. The molecule has 6 bridgehead atoms. The number of carbonyl (C=O) groups is 14. The van der Waals surface area contributed by atoms with Crippen LogP contribution < -0.4 is 58.3 Å². The number of primary amides is 1. The molecule has 0 radical (unpaired) electrons. The molecule has 32 heteroatoms. The van der Waals surface area contributed by atoms with E-state index in [1.807, 2.05) is 18.2 Å². The summed E-state index contributed by atoms with van der Waals surface area (Å²) in [5, 5.41) is 46.6. The summed E-state index contributed by atoms with van der Waals surface area (Å²) in [6.45, 7) is 9.99. The van der Waals surface area contributed by atoms with Crippen molar-refractivity contribution in [1.82, 2.24) is 62.7 Å². The average molecular weight is 1570 g/mol. The van der Waals surface area contributed by atoms with Crippen molar-refractivity contribution >= 4 is 128 Å². The maximum Gasteiger partial charge on any atom is 0.305 e. The van der Waals surface area contributed by atoms with E-state index in [0.29, 0.717) is 62.0 Å². The number of aromatic amines is 2. The normalized spacial score (nSPS) is 24.5. The Bertz CT molecular complexity index is 4430. The predicted octanol–water partition coefficient (Wildman–Crippen LogP) is 2.97. The minimum atomic E-state index is -1.89. The van der Waals surface area contributed by atoms with Gasteiger partial charge in [0.2, 0.25) is 65.0 Å². The molecule has 5 aliphatic heterocycles. The maximum atomic E-state index is 15.3. The van der Waals surface area contributed by atoms with Gasteiger partial charge in [0.05, 0.1) is 25.0 Å². The third-order valence-electron chi connectivity index (χ3n) is 19.9. The smallest absolute Gasteiger partial charge is 0.305 e. The monoisotopic (exact) mass is 1570 g/mol. The lowest BCUT2D eigenvalue weighted by atomic mass is 9.92. The molecule has 12 atom stereocenters. The Balaban J connectivity index is 1.10. The van der Waals surface area contributed by atoms with Gasteiger partial charge in [-0.1, -0.05) is 101 Å². The van der Waals surface area contributed by atoms with E-state index >= 15 is 9.59 Å². The number of amides is 11. The number of aliphatic hydroxyl groups excluding tert-OH is 1. The van der Waals surface area contributed by atoms with Gasteiger partial charge in [-0.05, 0) is 103 Å². The van der Waals surface area contributed by atoms with Crippen LogP contribution in [0.4, 0.5) is 0 Å². The highest BCUT2D eigenvalue weighted by Crippen LogP contribution is 2.29. The lowest BCUT2D eigenvalue weighted by Crippen LogP contribution is -2.60. The summed E-state index contributed by atoms with van der Waals surface area (Å²) in [6, 6.07) is 13.6. The zero-order valence-electron chi connectivity index (χ0n) is 63.1. The molecular formula is C79H99N13O17S2. The SMILES string of the molecule is CCC1CC(=O)C(C(C)O)NC(=O)C(CC(C)=O)CSCc2cc3cc(c2)CSCC(C(N)=O)NC(=O)C2CCCN2C(=O)C(C(C)C)NC(=O)C(Cc2c[nH]c4ccccc24)NC(=O)CNC(=O)C(CC(=O)O)NC(=O)C(C(C)C)NC(=O)C(Cc2c[nH]c4ccccc24)NC(=O)C(Cc2ccc(cc2)OC3)NC1=O. The summed E-state index contributed by atoms with van der Waals surface area (Å²) in [6.07, 6.45) is 0.0313. The zero-order chi connectivity index (χ0) is 80.3. The second kappa shape index (κ2) is 39.3. The van der Waals surface area contributed by atoms with Crippen molar-refractivity contribution in [2.75, 3.05) is 24.6 Å². The topological polar surface area (TPSA) is 458 Å². The van der Waals surface area contributed by atoms with E-state index in [1.54, 1.807) is 120 Å². The summed E-state index contributed by atoms with van der Waals surface area (Å²) in [4.78, 5) is 207. The number of aliphatic carboxylic acids is 1. The van der Waals surface area contributed by atoms with Crippen LogP contribution in [-0.2, 0) is 104 Å². The highest BCUT2D eigenvalue weighted by Gasteiger charge is 2.42. The van der Waals surface area contributed by atoms with E-state index in [4.69, 9.17) is 10.5 Å². The highest BCUT2D eigenvalue weighted by molar-refractivity contribution is 7.98. The number of carboxylic acid groups (broad SMARTS) is 1. The number of aliphatic hydroxyl groups is 1. The van der Waals surface area contributed by atoms with Gasteiger partial charge in [-0.3, -0.25) is 62.3 Å². The number of H-pyrrole nitrogens is 2. The Hall–Kier alpha value is -10.6. The van der Waals surface area contributed by atoms with E-state index in [0.717, 1.165) is 11.1 Å². The number of fused-ring (bicyclic) bond motifs is 36. The molecule has 7 heterocycles. The second-order valence-corrected chi connectivity index (χ2v) is 31.4. The summed E-state index contributed by atoms with van der Waals surface area (Å²) in [7, 11) is 0. The van der Waals surface area contributed by atoms with Gasteiger partial charge in [-0.25, -0.2) is 0 Å². The number of ketones is 2. The molecule has 6 aromatic rings. The number of nitrogens with zero attached hydrogens (tertiary/aromatic N) is 1. The van der Waals surface area contributed by atoms with Crippen LogP contribution in [0.1, 0.15) is 120 Å². The molecule has 5 aliphatic rings. The molecule has 15 N–H and O–H groups in total. The van der Waals surface area contributed by atoms with Crippen LogP contribution in [0.25, 0.3) is 21.8 Å². The number of rotatable bonds is 13. The molecule has 594 valence electrons. The largest absolute Gasteiger partial charge is 0.489 e. The van der Waals surface area contributed by atoms with Crippen LogP contribution in [-0.4, -0.2) is 193 Å². The molecule has 11 amide bonds. The Kier molecular flexibility index (Phi) is 29.9. The lowest BCUT2D eigenvalue weighted by molar-refractivity contribution is -0.143. The number of nitrogens with two attached hydrogens (primary N) is 1. The number of para-hydroxylation sites is 2. The molecule has 12 unspecified atom stereocenters. The first-order valence-electron chi connectivity index (χ1n) is 37.2. The summed E-state index contributed by atoms with van der Waals surface area (Å²) < 4.78 is 6.39. The molecule has 2 aromatic heterocycles. The van der Waals surface area contributed by atoms with E-state index in [1.165, 1.54) is 42.3 Å². The van der Waals surface area contributed by atoms with Gasteiger partial charge in [0.1, 0.15) is 72.5 Å². The minimum absolute atomic E-state index is 0.0106. The van der Waals surface area contributed by atoms with Crippen LogP contribution in [0.5, 0.6) is 5.75 Å². The highest BCUT2D eigenvalue weighted by atomic mass is 32.2. The number of ether oxygens (including phenoxy) is 1. The molecule has 0 saturated carbocycles. The average Bonchev–Trinajstić information content (AvgIpc) is 1.72. The first kappa shape index (κ1) is 84.4. The van der Waals surface area contributed by atoms with Crippen molar-refractivity contribution in [3.05, 3.63) is 137 Å². The number of nitrogens with one attached hydrogen (secondary N) is 11.